The van der Waals surface area contributed by atoms with Crippen molar-refractivity contribution in [1.82, 2.24) is 0 Å². The molecule has 1 unspecified atom stereocenters. The molecule has 0 fully saturated rings. The molecule has 0 nitrogen and oxygen atoms in total. The van der Waals surface area contributed by atoms with Crippen molar-refractivity contribution in [1.29, 1.82) is 0 Å². The maximum atomic E-state index is 12.6. The number of rotatable bonds is 0. The monoisotopic (exact) mass is 138 g/mol. The summed E-state index contributed by atoms with van der Waals surface area (Å²) in [7, 11) is 0. The molecule has 0 aromatic heterocycles. The van der Waals surface area contributed by atoms with Gasteiger partial charge in [0.05, 0.1) is 0 Å². The Morgan fingerprint density at radius 3 is 3.10 bits per heavy atom. The van der Waals surface area contributed by atoms with Gasteiger partial charge in [0.15, 0.2) is 0 Å². The van der Waals surface area contributed by atoms with Gasteiger partial charge in [-0.25, -0.2) is 4.39 Å². The fourth-order valence-corrected chi connectivity index (χ4v) is 0.838. The lowest BCUT2D eigenvalue weighted by Gasteiger charge is -1.98. The lowest BCUT2D eigenvalue weighted by atomic mass is 10.1. The molecule has 0 aliphatic heterocycles. The highest BCUT2D eigenvalue weighted by Gasteiger charge is 1.95. The highest BCUT2D eigenvalue weighted by atomic mass is 19.1. The zero-order chi connectivity index (χ0) is 7.40. The van der Waals surface area contributed by atoms with Crippen LogP contribution in [0.4, 0.5) is 4.39 Å². The van der Waals surface area contributed by atoms with Gasteiger partial charge in [0.25, 0.3) is 0 Å². The van der Waals surface area contributed by atoms with E-state index in [0.717, 1.165) is 12.0 Å². The molecule has 0 heterocycles. The quantitative estimate of drug-likeness (QED) is 0.451. The Hall–Kier alpha value is -0.850. The van der Waals surface area contributed by atoms with E-state index in [1.807, 2.05) is 19.1 Å². The fourth-order valence-electron chi connectivity index (χ4n) is 0.838. The van der Waals surface area contributed by atoms with Crippen LogP contribution in [0.5, 0.6) is 0 Å². The molecule has 10 heavy (non-hydrogen) atoms. The fraction of sp³-hybridized carbons (Fsp3) is 0.333. The third-order valence-corrected chi connectivity index (χ3v) is 1.44. The number of hydrogen-bond donors (Lipinski definition) is 0. The summed E-state index contributed by atoms with van der Waals surface area (Å²) in [6.45, 7) is 1.97. The van der Waals surface area contributed by atoms with Gasteiger partial charge in [-0.1, -0.05) is 29.9 Å². The Morgan fingerprint density at radius 1 is 1.50 bits per heavy atom. The second-order valence-corrected chi connectivity index (χ2v) is 2.42. The van der Waals surface area contributed by atoms with E-state index in [0.29, 0.717) is 0 Å². The molecule has 1 heteroatoms. The largest absolute Gasteiger partial charge is 0.238 e. The summed E-state index contributed by atoms with van der Waals surface area (Å²) in [5, 5.41) is 0. The van der Waals surface area contributed by atoms with Gasteiger partial charge in [0, 0.05) is 0 Å². The van der Waals surface area contributed by atoms with Crippen LogP contribution in [-0.4, -0.2) is 6.17 Å². The molecule has 0 aromatic carbocycles. The summed E-state index contributed by atoms with van der Waals surface area (Å²) in [6.07, 6.45) is 8.80. The molecule has 0 amide bonds. The zero-order valence-electron chi connectivity index (χ0n) is 6.05. The van der Waals surface area contributed by atoms with E-state index in [4.69, 9.17) is 0 Å². The van der Waals surface area contributed by atoms with Crippen LogP contribution in [0, 0.1) is 0 Å². The van der Waals surface area contributed by atoms with Crippen LogP contribution < -0.4 is 0 Å². The Balaban J connectivity index is 2.71. The van der Waals surface area contributed by atoms with Gasteiger partial charge >= 0.3 is 0 Å². The first-order chi connectivity index (χ1) is 4.79. The molecular weight excluding hydrogens is 127 g/mol. The van der Waals surface area contributed by atoms with Crippen molar-refractivity contribution in [2.75, 3.05) is 0 Å². The maximum absolute atomic E-state index is 12.6. The minimum atomic E-state index is -0.899. The van der Waals surface area contributed by atoms with Crippen LogP contribution in [0.15, 0.2) is 36.0 Å². The zero-order valence-corrected chi connectivity index (χ0v) is 6.05. The molecule has 0 saturated heterocycles. The molecule has 0 saturated carbocycles. The molecule has 1 aliphatic rings. The van der Waals surface area contributed by atoms with Crippen molar-refractivity contribution in [3.63, 3.8) is 0 Å². The summed E-state index contributed by atoms with van der Waals surface area (Å²) in [5.74, 6) is 0. The molecule has 0 aromatic rings. The van der Waals surface area contributed by atoms with Crippen LogP contribution in [0.25, 0.3) is 0 Å². The first-order valence-corrected chi connectivity index (χ1v) is 3.45. The van der Waals surface area contributed by atoms with Crippen molar-refractivity contribution in [3.05, 3.63) is 36.0 Å². The van der Waals surface area contributed by atoms with Gasteiger partial charge in [0.2, 0.25) is 0 Å². The van der Waals surface area contributed by atoms with Crippen molar-refractivity contribution >= 4 is 0 Å². The second-order valence-electron chi connectivity index (χ2n) is 2.42. The lowest BCUT2D eigenvalue weighted by molar-refractivity contribution is 0.468. The van der Waals surface area contributed by atoms with E-state index in [1.54, 1.807) is 12.2 Å². The van der Waals surface area contributed by atoms with Gasteiger partial charge in [-0.3, -0.25) is 0 Å². The summed E-state index contributed by atoms with van der Waals surface area (Å²) in [4.78, 5) is 0. The predicted molar refractivity (Wildman–Crippen MR) is 41.6 cm³/mol. The average molecular weight is 138 g/mol. The normalized spacial score (nSPS) is 25.4. The SMILES string of the molecule is CC1=CCC=CC(F)C=C1. The van der Waals surface area contributed by atoms with Crippen LogP contribution in [0.2, 0.25) is 0 Å². The maximum Gasteiger partial charge on any atom is 0.137 e. The van der Waals surface area contributed by atoms with Crippen molar-refractivity contribution in [2.24, 2.45) is 0 Å². The molecule has 1 aliphatic carbocycles. The van der Waals surface area contributed by atoms with E-state index in [2.05, 4.69) is 6.08 Å². The van der Waals surface area contributed by atoms with Gasteiger partial charge in [0.1, 0.15) is 6.17 Å². The van der Waals surface area contributed by atoms with E-state index < -0.39 is 6.17 Å². The van der Waals surface area contributed by atoms with E-state index >= 15 is 0 Å². The van der Waals surface area contributed by atoms with Crippen molar-refractivity contribution in [3.8, 4) is 0 Å². The molecule has 1 atom stereocenters. The predicted octanol–water partition coefficient (Wildman–Crippen LogP) is 2.79. The smallest absolute Gasteiger partial charge is 0.137 e. The van der Waals surface area contributed by atoms with Crippen LogP contribution in [0.1, 0.15) is 13.3 Å². The average Bonchev–Trinajstić information content (AvgIpc) is 1.90. The Labute approximate surface area is 60.7 Å². The summed E-state index contributed by atoms with van der Waals surface area (Å²) in [5.41, 5.74) is 1.13. The van der Waals surface area contributed by atoms with Gasteiger partial charge in [-0.05, 0) is 19.4 Å². The van der Waals surface area contributed by atoms with E-state index in [-0.39, 0.29) is 0 Å². The Bertz CT molecular complexity index is 187. The summed E-state index contributed by atoms with van der Waals surface area (Å²) < 4.78 is 12.6. The lowest BCUT2D eigenvalue weighted by Crippen LogP contribution is -1.89. The third-order valence-electron chi connectivity index (χ3n) is 1.44. The van der Waals surface area contributed by atoms with Gasteiger partial charge in [-0.15, -0.1) is 0 Å². The molecule has 0 N–H and O–H groups in total. The van der Waals surface area contributed by atoms with E-state index in [1.165, 1.54) is 0 Å². The van der Waals surface area contributed by atoms with Crippen LogP contribution >= 0.6 is 0 Å². The van der Waals surface area contributed by atoms with Crippen molar-refractivity contribution in [2.45, 2.75) is 19.5 Å². The summed E-state index contributed by atoms with van der Waals surface area (Å²) in [6, 6.07) is 0. The van der Waals surface area contributed by atoms with Crippen molar-refractivity contribution < 1.29 is 4.39 Å². The highest BCUT2D eigenvalue weighted by Crippen LogP contribution is 2.06. The number of halogens is 1. The molecule has 1 rings (SSSR count). The first-order valence-electron chi connectivity index (χ1n) is 3.45. The van der Waals surface area contributed by atoms with Gasteiger partial charge in [-0.2, -0.15) is 0 Å². The summed E-state index contributed by atoms with van der Waals surface area (Å²) >= 11 is 0. The number of hydrogen-bond acceptors (Lipinski definition) is 0. The number of allylic oxidation sites excluding steroid dienone is 6. The van der Waals surface area contributed by atoms with Crippen LogP contribution in [0.3, 0.4) is 0 Å². The first kappa shape index (κ1) is 7.26. The molecular formula is C9H11F. The molecule has 0 bridgehead atoms. The topological polar surface area (TPSA) is 0 Å². The van der Waals surface area contributed by atoms with E-state index in [9.17, 15) is 4.39 Å². The molecule has 54 valence electrons. The second kappa shape index (κ2) is 3.35. The highest BCUT2D eigenvalue weighted by molar-refractivity contribution is 5.22. The standard InChI is InChI=1S/C9H11F/c1-8-4-2-3-5-9(10)7-6-8/h3-7,9H,2H2,1H3. The Kier molecular flexibility index (Phi) is 2.43. The number of alkyl halides is 1. The minimum Gasteiger partial charge on any atom is -0.238 e. The third kappa shape index (κ3) is 2.18. The molecule has 0 spiro atoms. The van der Waals surface area contributed by atoms with Gasteiger partial charge < -0.3 is 0 Å². The van der Waals surface area contributed by atoms with Crippen LogP contribution in [-0.2, 0) is 0 Å². The molecule has 0 radical (unpaired) electrons. The Morgan fingerprint density at radius 2 is 2.30 bits per heavy atom. The minimum absolute atomic E-state index is 0.844.